The summed E-state index contributed by atoms with van der Waals surface area (Å²) in [5.41, 5.74) is 2.84. The van der Waals surface area contributed by atoms with Gasteiger partial charge in [0.1, 0.15) is 11.9 Å². The molecule has 6 rings (SSSR count). The van der Waals surface area contributed by atoms with Crippen LogP contribution < -0.4 is 25.0 Å². The Balaban J connectivity index is 0.980. The van der Waals surface area contributed by atoms with E-state index in [0.29, 0.717) is 68.8 Å². The van der Waals surface area contributed by atoms with Crippen LogP contribution in [0.3, 0.4) is 0 Å². The Morgan fingerprint density at radius 2 is 1.88 bits per heavy atom. The number of carbonyl (C=O) groups is 2. The van der Waals surface area contributed by atoms with E-state index in [-0.39, 0.29) is 24.5 Å². The quantitative estimate of drug-likeness (QED) is 0.265. The molecule has 3 aliphatic rings. The molecule has 2 aromatic heterocycles. The van der Waals surface area contributed by atoms with Crippen LogP contribution in [0.1, 0.15) is 24.8 Å². The predicted octanol–water partition coefficient (Wildman–Crippen LogP) is 2.49. The van der Waals surface area contributed by atoms with Crippen LogP contribution in [0.25, 0.3) is 11.3 Å². The molecular weight excluding hydrogens is 542 g/mol. The average molecular weight is 576 g/mol. The summed E-state index contributed by atoms with van der Waals surface area (Å²) in [5, 5.41) is 25.6. The number of nitrogens with one attached hydrogen (secondary N) is 2. The number of anilines is 2. The van der Waals surface area contributed by atoms with Crippen LogP contribution in [0, 0.1) is 5.92 Å². The van der Waals surface area contributed by atoms with Gasteiger partial charge in [-0.15, -0.1) is 0 Å². The lowest BCUT2D eigenvalue weighted by molar-refractivity contribution is -0.118. The normalized spacial score (nSPS) is 23.2. The maximum atomic E-state index is 12.5. The van der Waals surface area contributed by atoms with Crippen LogP contribution in [-0.4, -0.2) is 76.8 Å². The molecule has 0 radical (unpaired) electrons. The molecular formula is C30H33N5O7. The molecule has 1 aromatic carbocycles. The van der Waals surface area contributed by atoms with E-state index < -0.39 is 18.3 Å². The van der Waals surface area contributed by atoms with E-state index in [4.69, 9.17) is 14.2 Å². The Morgan fingerprint density at radius 3 is 2.74 bits per heavy atom. The molecule has 4 N–H and O–H groups in total. The van der Waals surface area contributed by atoms with Crippen molar-refractivity contribution in [3.05, 3.63) is 60.2 Å². The lowest BCUT2D eigenvalue weighted by atomic mass is 10.1. The second-order valence-electron chi connectivity index (χ2n) is 10.8. The lowest BCUT2D eigenvalue weighted by Gasteiger charge is -2.19. The first-order valence-electron chi connectivity index (χ1n) is 14.1. The zero-order valence-electron chi connectivity index (χ0n) is 22.9. The number of aliphatic hydroxyl groups is 2. The number of aromatic nitrogens is 2. The first-order valence-corrected chi connectivity index (χ1v) is 14.1. The molecule has 1 saturated carbocycles. The predicted molar refractivity (Wildman–Crippen MR) is 152 cm³/mol. The number of pyridine rings is 2. The fourth-order valence-corrected chi connectivity index (χ4v) is 5.39. The minimum absolute atomic E-state index is 0.0569. The van der Waals surface area contributed by atoms with Crippen molar-refractivity contribution in [1.29, 1.82) is 0 Å². The molecule has 1 aliphatic carbocycles. The molecule has 0 spiro atoms. The fourth-order valence-electron chi connectivity index (χ4n) is 5.39. The first kappa shape index (κ1) is 27.9. The van der Waals surface area contributed by atoms with Gasteiger partial charge < -0.3 is 35.1 Å². The van der Waals surface area contributed by atoms with Crippen molar-refractivity contribution in [2.75, 3.05) is 36.5 Å². The molecule has 4 atom stereocenters. The monoisotopic (exact) mass is 575 g/mol. The number of hydrogen-bond acceptors (Lipinski definition) is 10. The van der Waals surface area contributed by atoms with Gasteiger partial charge in [0, 0.05) is 18.2 Å². The van der Waals surface area contributed by atoms with Gasteiger partial charge in [-0.2, -0.15) is 0 Å². The number of benzene rings is 1. The SMILES string of the molecule is O=C1COc2ccc(N3C[C@H](CCNCc4cccc(-c5cccc(OCC6C[C@@H](O)[C@@H](O)C6)n5)c4)OC3=O)nc2N1. The number of hydrogen-bond donors (Lipinski definition) is 4. The number of amides is 2. The van der Waals surface area contributed by atoms with Crippen molar-refractivity contribution in [2.45, 2.75) is 44.1 Å². The van der Waals surface area contributed by atoms with E-state index in [1.807, 2.05) is 36.4 Å². The summed E-state index contributed by atoms with van der Waals surface area (Å²) in [4.78, 5) is 34.6. The maximum absolute atomic E-state index is 12.5. The second-order valence-corrected chi connectivity index (χ2v) is 10.8. The van der Waals surface area contributed by atoms with E-state index in [9.17, 15) is 19.8 Å². The maximum Gasteiger partial charge on any atom is 0.415 e. The number of aliphatic hydroxyl groups excluding tert-OH is 2. The number of fused-ring (bicyclic) bond motifs is 1. The molecule has 12 heteroatoms. The lowest BCUT2D eigenvalue weighted by Crippen LogP contribution is -2.29. The summed E-state index contributed by atoms with van der Waals surface area (Å²) in [6.45, 7) is 1.98. The Bertz CT molecular complexity index is 1440. The Morgan fingerprint density at radius 1 is 1.05 bits per heavy atom. The fraction of sp³-hybridized carbons (Fsp3) is 0.400. The first-order chi connectivity index (χ1) is 20.4. The largest absolute Gasteiger partial charge is 0.480 e. The molecule has 1 unspecified atom stereocenters. The van der Waals surface area contributed by atoms with Gasteiger partial charge in [-0.3, -0.25) is 9.69 Å². The highest BCUT2D eigenvalue weighted by atomic mass is 16.6. The summed E-state index contributed by atoms with van der Waals surface area (Å²) in [6, 6.07) is 17.1. The van der Waals surface area contributed by atoms with Crippen molar-refractivity contribution < 1.29 is 34.0 Å². The van der Waals surface area contributed by atoms with Crippen molar-refractivity contribution in [3.63, 3.8) is 0 Å². The Labute approximate surface area is 242 Å². The highest BCUT2D eigenvalue weighted by molar-refractivity contribution is 5.95. The number of nitrogens with zero attached hydrogens (tertiary/aromatic N) is 3. The van der Waals surface area contributed by atoms with Gasteiger partial charge in [-0.05, 0) is 61.6 Å². The molecule has 2 fully saturated rings. The molecule has 1 saturated heterocycles. The van der Waals surface area contributed by atoms with Gasteiger partial charge in [0.15, 0.2) is 18.2 Å². The number of ether oxygens (including phenoxy) is 3. The topological polar surface area (TPSA) is 155 Å². The van der Waals surface area contributed by atoms with Crippen molar-refractivity contribution in [1.82, 2.24) is 15.3 Å². The Hall–Kier alpha value is -4.26. The molecule has 2 amide bonds. The zero-order chi connectivity index (χ0) is 29.1. The molecule has 0 bridgehead atoms. The zero-order valence-corrected chi connectivity index (χ0v) is 22.9. The summed E-state index contributed by atoms with van der Waals surface area (Å²) >= 11 is 0. The van der Waals surface area contributed by atoms with Crippen molar-refractivity contribution >= 4 is 23.6 Å². The van der Waals surface area contributed by atoms with Gasteiger partial charge in [0.05, 0.1) is 31.1 Å². The van der Waals surface area contributed by atoms with Crippen LogP contribution in [-0.2, 0) is 16.1 Å². The minimum Gasteiger partial charge on any atom is -0.480 e. The van der Waals surface area contributed by atoms with E-state index in [1.54, 1.807) is 12.1 Å². The highest BCUT2D eigenvalue weighted by Crippen LogP contribution is 2.31. The molecule has 12 nitrogen and oxygen atoms in total. The molecule has 220 valence electrons. The van der Waals surface area contributed by atoms with Crippen LogP contribution in [0.15, 0.2) is 54.6 Å². The average Bonchev–Trinajstić information content (AvgIpc) is 3.54. The third kappa shape index (κ3) is 6.46. The van der Waals surface area contributed by atoms with E-state index in [1.165, 1.54) is 4.90 Å². The minimum atomic E-state index is -0.684. The molecule has 4 heterocycles. The van der Waals surface area contributed by atoms with Gasteiger partial charge in [0.25, 0.3) is 5.91 Å². The smallest absolute Gasteiger partial charge is 0.415 e. The highest BCUT2D eigenvalue weighted by Gasteiger charge is 2.34. The van der Waals surface area contributed by atoms with Crippen LogP contribution in [0.2, 0.25) is 0 Å². The summed E-state index contributed by atoms with van der Waals surface area (Å²) in [5.74, 6) is 1.49. The number of rotatable bonds is 10. The molecule has 2 aliphatic heterocycles. The van der Waals surface area contributed by atoms with Gasteiger partial charge >= 0.3 is 6.09 Å². The third-order valence-corrected chi connectivity index (χ3v) is 7.59. The summed E-state index contributed by atoms with van der Waals surface area (Å²) < 4.78 is 16.7. The van der Waals surface area contributed by atoms with Gasteiger partial charge in [-0.1, -0.05) is 24.3 Å². The summed E-state index contributed by atoms with van der Waals surface area (Å²) in [7, 11) is 0. The van der Waals surface area contributed by atoms with Crippen molar-refractivity contribution in [2.24, 2.45) is 5.92 Å². The van der Waals surface area contributed by atoms with E-state index >= 15 is 0 Å². The molecule has 42 heavy (non-hydrogen) atoms. The standard InChI is InChI=1S/C30H33N5O7/c36-23-12-19(13-24(23)37)16-41-28-6-2-5-22(32-28)20-4-1-3-18(11-20)14-31-10-9-21-15-35(30(39)42-21)26-8-7-25-29(33-26)34-27(38)17-40-25/h1-8,11,19,21,23-24,31,36-37H,9-10,12-17H2,(H,33,34,38)/t19?,21-,23-,24+/m0/s1. The van der Waals surface area contributed by atoms with E-state index in [0.717, 1.165) is 16.8 Å². The second kappa shape index (κ2) is 12.3. The molecule has 3 aromatic rings. The summed E-state index contributed by atoms with van der Waals surface area (Å²) in [6.07, 6.45) is -0.445. The van der Waals surface area contributed by atoms with Crippen LogP contribution in [0.5, 0.6) is 11.6 Å². The Kier molecular flexibility index (Phi) is 8.17. The third-order valence-electron chi connectivity index (χ3n) is 7.59. The van der Waals surface area contributed by atoms with Gasteiger partial charge in [0.2, 0.25) is 5.88 Å². The van der Waals surface area contributed by atoms with E-state index in [2.05, 4.69) is 26.7 Å². The van der Waals surface area contributed by atoms with Crippen LogP contribution in [0.4, 0.5) is 16.4 Å². The van der Waals surface area contributed by atoms with Gasteiger partial charge in [-0.25, -0.2) is 14.8 Å². The number of carbonyl (C=O) groups excluding carboxylic acids is 2. The number of cyclic esters (lactones) is 1. The van der Waals surface area contributed by atoms with Crippen molar-refractivity contribution in [3.8, 4) is 22.9 Å². The van der Waals surface area contributed by atoms with Crippen LogP contribution >= 0.6 is 0 Å².